The number of carbonyl (C=O) groups is 1. The summed E-state index contributed by atoms with van der Waals surface area (Å²) in [7, 11) is 0. The van der Waals surface area contributed by atoms with Crippen LogP contribution >= 0.6 is 32.1 Å². The van der Waals surface area contributed by atoms with Crippen LogP contribution in [0.2, 0.25) is 0 Å². The van der Waals surface area contributed by atoms with Crippen LogP contribution in [-0.2, 0) is 0 Å². The number of rotatable bonds is 0. The third-order valence-corrected chi connectivity index (χ3v) is 1.16. The summed E-state index contributed by atoms with van der Waals surface area (Å²) < 4.78 is 2.12. The Balaban J connectivity index is 2.85. The average molecular weight is 203 g/mol. The predicted octanol–water partition coefficient (Wildman–Crippen LogP) is 1.40. The van der Waals surface area contributed by atoms with Gasteiger partial charge in [-0.2, -0.15) is 0 Å². The van der Waals surface area contributed by atoms with E-state index >= 15 is 0 Å². The van der Waals surface area contributed by atoms with Crippen LogP contribution in [0.4, 0.5) is 4.79 Å². The van der Waals surface area contributed by atoms with Crippen molar-refractivity contribution in [3.63, 3.8) is 0 Å². The van der Waals surface area contributed by atoms with Crippen LogP contribution in [0.25, 0.3) is 0 Å². The highest BCUT2D eigenvalue weighted by Crippen LogP contribution is 1.81. The molecule has 0 heterocycles. The Hall–Kier alpha value is 0.430. The standard InChI is InChI=1S/CHBr2NO/c2-1(5)4-3/h(H,4,5). The molecule has 0 rings (SSSR count). The van der Waals surface area contributed by atoms with Gasteiger partial charge < -0.3 is 0 Å². The lowest BCUT2D eigenvalue weighted by Gasteiger charge is -1.73. The van der Waals surface area contributed by atoms with Gasteiger partial charge in [-0.25, -0.2) is 0 Å². The first-order valence-corrected chi connectivity index (χ1v) is 2.42. The van der Waals surface area contributed by atoms with Crippen molar-refractivity contribution in [2.75, 3.05) is 0 Å². The Morgan fingerprint density at radius 3 is 2.00 bits per heavy atom. The summed E-state index contributed by atoms with van der Waals surface area (Å²) in [4.78, 5) is 9.30. The van der Waals surface area contributed by atoms with Gasteiger partial charge in [0.25, 0.3) is 4.82 Å². The van der Waals surface area contributed by atoms with Gasteiger partial charge >= 0.3 is 0 Å². The van der Waals surface area contributed by atoms with Gasteiger partial charge in [0, 0.05) is 32.1 Å². The van der Waals surface area contributed by atoms with Crippen LogP contribution in [-0.4, -0.2) is 4.82 Å². The van der Waals surface area contributed by atoms with E-state index in [4.69, 9.17) is 0 Å². The SMILES string of the molecule is O=C(Br)NBr. The van der Waals surface area contributed by atoms with Gasteiger partial charge in [0.1, 0.15) is 0 Å². The van der Waals surface area contributed by atoms with E-state index in [1.54, 1.807) is 0 Å². The van der Waals surface area contributed by atoms with E-state index in [1.807, 2.05) is 0 Å². The second-order valence-corrected chi connectivity index (χ2v) is 1.48. The maximum atomic E-state index is 9.57. The second kappa shape index (κ2) is 2.66. The summed E-state index contributed by atoms with van der Waals surface area (Å²) in [5.41, 5.74) is 0. The van der Waals surface area contributed by atoms with E-state index < -0.39 is 0 Å². The zero-order chi connectivity index (χ0) is 4.28. The van der Waals surface area contributed by atoms with Crippen LogP contribution in [0.1, 0.15) is 0 Å². The molecule has 1 amide bonds. The smallest absolute Gasteiger partial charge is 0.283 e. The molecule has 0 aromatic carbocycles. The molecule has 30 valence electrons. The fraction of sp³-hybridized carbons (Fsp3) is 0. The zero-order valence-corrected chi connectivity index (χ0v) is 5.34. The van der Waals surface area contributed by atoms with E-state index in [9.17, 15) is 4.79 Å². The third-order valence-electron chi connectivity index (χ3n) is 0.0743. The van der Waals surface area contributed by atoms with Gasteiger partial charge in [-0.15, -0.1) is 0 Å². The fourth-order valence-electron chi connectivity index (χ4n) is 0. The van der Waals surface area contributed by atoms with Crippen molar-refractivity contribution in [1.82, 2.24) is 4.34 Å². The Morgan fingerprint density at radius 2 is 2.00 bits per heavy atom. The molecule has 0 aliphatic carbocycles. The van der Waals surface area contributed by atoms with Crippen molar-refractivity contribution < 1.29 is 4.79 Å². The van der Waals surface area contributed by atoms with Crippen molar-refractivity contribution in [3.8, 4) is 0 Å². The van der Waals surface area contributed by atoms with Crippen molar-refractivity contribution in [3.05, 3.63) is 0 Å². The second-order valence-electron chi connectivity index (χ2n) is 0.368. The molecule has 0 aromatic heterocycles. The lowest BCUT2D eigenvalue weighted by molar-refractivity contribution is 0.266. The molecule has 5 heavy (non-hydrogen) atoms. The highest BCUT2D eigenvalue weighted by atomic mass is 79.9. The van der Waals surface area contributed by atoms with E-state index in [-0.39, 0.29) is 4.82 Å². The third kappa shape index (κ3) is 4.43. The molecule has 0 aromatic rings. The molecule has 0 aliphatic rings. The van der Waals surface area contributed by atoms with Crippen LogP contribution < -0.4 is 4.34 Å². The number of hydrogen-bond donors (Lipinski definition) is 1. The van der Waals surface area contributed by atoms with Crippen LogP contribution in [0.3, 0.4) is 0 Å². The minimum absolute atomic E-state index is 0.266. The highest BCUT2D eigenvalue weighted by Gasteiger charge is 1.78. The Kier molecular flexibility index (Phi) is 2.88. The topological polar surface area (TPSA) is 29.1 Å². The minimum atomic E-state index is -0.266. The molecule has 0 aliphatic heterocycles. The summed E-state index contributed by atoms with van der Waals surface area (Å²) in [6, 6.07) is 0. The molecule has 4 heteroatoms. The van der Waals surface area contributed by atoms with Crippen molar-refractivity contribution in [1.29, 1.82) is 0 Å². The molecule has 0 unspecified atom stereocenters. The van der Waals surface area contributed by atoms with Crippen molar-refractivity contribution in [2.45, 2.75) is 0 Å². The Bertz CT molecular complexity index is 44.9. The largest absolute Gasteiger partial charge is 0.296 e. The van der Waals surface area contributed by atoms with Gasteiger partial charge in [-0.1, -0.05) is 0 Å². The molecule has 0 fully saturated rings. The highest BCUT2D eigenvalue weighted by molar-refractivity contribution is 9.19. The van der Waals surface area contributed by atoms with Gasteiger partial charge in [0.2, 0.25) is 0 Å². The zero-order valence-electron chi connectivity index (χ0n) is 2.16. The summed E-state index contributed by atoms with van der Waals surface area (Å²) in [5, 5.41) is 0. The lowest BCUT2D eigenvalue weighted by atomic mass is 11.5. The minimum Gasteiger partial charge on any atom is -0.283 e. The average Bonchev–Trinajstić information content (AvgIpc) is 1.38. The number of amides is 1. The van der Waals surface area contributed by atoms with Crippen LogP contribution in [0, 0.1) is 0 Å². The van der Waals surface area contributed by atoms with E-state index in [1.165, 1.54) is 0 Å². The molecular formula is CHBr2NO. The maximum Gasteiger partial charge on any atom is 0.296 e. The molecular weight excluding hydrogens is 202 g/mol. The van der Waals surface area contributed by atoms with E-state index in [0.29, 0.717) is 0 Å². The summed E-state index contributed by atoms with van der Waals surface area (Å²) in [6.45, 7) is 0. The first-order chi connectivity index (χ1) is 2.27. The first kappa shape index (κ1) is 5.43. The van der Waals surface area contributed by atoms with Crippen molar-refractivity contribution >= 4 is 36.9 Å². The molecule has 0 radical (unpaired) electrons. The summed E-state index contributed by atoms with van der Waals surface area (Å²) in [5.74, 6) is 0. The van der Waals surface area contributed by atoms with E-state index in [2.05, 4.69) is 36.4 Å². The van der Waals surface area contributed by atoms with E-state index in [0.717, 1.165) is 0 Å². The van der Waals surface area contributed by atoms with Gasteiger partial charge in [-0.05, 0) is 0 Å². The van der Waals surface area contributed by atoms with Crippen LogP contribution in [0.15, 0.2) is 0 Å². The van der Waals surface area contributed by atoms with Crippen molar-refractivity contribution in [2.24, 2.45) is 0 Å². The maximum absolute atomic E-state index is 9.57. The molecule has 2 nitrogen and oxygen atoms in total. The number of carbonyl (C=O) groups excluding carboxylic acids is 1. The Labute approximate surface area is 46.4 Å². The fourth-order valence-corrected chi connectivity index (χ4v) is 0. The van der Waals surface area contributed by atoms with Gasteiger partial charge in [-0.3, -0.25) is 9.14 Å². The molecule has 0 spiro atoms. The molecule has 0 saturated heterocycles. The predicted molar refractivity (Wildman–Crippen MR) is 26.4 cm³/mol. The molecule has 0 atom stereocenters. The number of hydrogen-bond acceptors (Lipinski definition) is 1. The van der Waals surface area contributed by atoms with Crippen LogP contribution in [0.5, 0.6) is 0 Å². The monoisotopic (exact) mass is 201 g/mol. The first-order valence-electron chi connectivity index (χ1n) is 0.832. The summed E-state index contributed by atoms with van der Waals surface area (Å²) >= 11 is 5.24. The molecule has 0 saturated carbocycles. The number of nitrogens with one attached hydrogen (secondary N) is 1. The number of halogens is 2. The van der Waals surface area contributed by atoms with Gasteiger partial charge in [0.15, 0.2) is 0 Å². The Morgan fingerprint density at radius 1 is 1.80 bits per heavy atom. The lowest BCUT2D eigenvalue weighted by Crippen LogP contribution is -1.96. The van der Waals surface area contributed by atoms with Gasteiger partial charge in [0.05, 0.1) is 0 Å². The molecule has 0 bridgehead atoms. The normalized spacial score (nSPS) is 6.80. The molecule has 1 N–H and O–H groups in total. The summed E-state index contributed by atoms with van der Waals surface area (Å²) in [6.07, 6.45) is 0. The quantitative estimate of drug-likeness (QED) is 0.359.